The lowest BCUT2D eigenvalue weighted by Gasteiger charge is -2.20. The summed E-state index contributed by atoms with van der Waals surface area (Å²) in [7, 11) is 0. The largest absolute Gasteiger partial charge is 0.353 e. The van der Waals surface area contributed by atoms with Crippen molar-refractivity contribution in [2.45, 2.75) is 71.8 Å². The van der Waals surface area contributed by atoms with Crippen molar-refractivity contribution in [2.24, 2.45) is 10.8 Å². The molecule has 0 saturated heterocycles. The van der Waals surface area contributed by atoms with Crippen molar-refractivity contribution in [3.05, 3.63) is 0 Å². The zero-order valence-electron chi connectivity index (χ0n) is 11.8. The molecule has 4 heteroatoms. The summed E-state index contributed by atoms with van der Waals surface area (Å²) in [6.07, 6.45) is 8.32. The van der Waals surface area contributed by atoms with Gasteiger partial charge in [0.15, 0.2) is 0 Å². The Bertz CT molecular complexity index is 192. The molecule has 1 atom stereocenters. The van der Waals surface area contributed by atoms with Gasteiger partial charge in [0.05, 0.1) is 0 Å². The van der Waals surface area contributed by atoms with Gasteiger partial charge in [0.25, 0.3) is 0 Å². The predicted molar refractivity (Wildman–Crippen MR) is 75.9 cm³/mol. The Morgan fingerprint density at radius 1 is 1.06 bits per heavy atom. The van der Waals surface area contributed by atoms with Crippen LogP contribution in [0.2, 0.25) is 0 Å². The number of aliphatic imine (C=N–C) groups is 1. The summed E-state index contributed by atoms with van der Waals surface area (Å²) in [5.74, 6) is 6.23. The fourth-order valence-electron chi connectivity index (χ4n) is 1.76. The summed E-state index contributed by atoms with van der Waals surface area (Å²) < 4.78 is 0. The number of nitrogens with zero attached hydrogens (tertiary/aromatic N) is 1. The van der Waals surface area contributed by atoms with Gasteiger partial charge < -0.3 is 5.32 Å². The Kier molecular flexibility index (Phi) is 11.2. The van der Waals surface area contributed by atoms with Gasteiger partial charge >= 0.3 is 0 Å². The molecule has 0 bridgehead atoms. The van der Waals surface area contributed by atoms with E-state index in [-0.39, 0.29) is 0 Å². The van der Waals surface area contributed by atoms with Gasteiger partial charge in [-0.2, -0.15) is 0 Å². The first-order valence-electron chi connectivity index (χ1n) is 7.06. The molecule has 0 fully saturated rings. The van der Waals surface area contributed by atoms with Crippen LogP contribution >= 0.6 is 0 Å². The van der Waals surface area contributed by atoms with Gasteiger partial charge in [-0.3, -0.25) is 10.4 Å². The number of nitrogens with two attached hydrogens (primary N) is 1. The minimum Gasteiger partial charge on any atom is -0.353 e. The van der Waals surface area contributed by atoms with Crippen LogP contribution in [0.3, 0.4) is 0 Å². The third-order valence-electron chi connectivity index (χ3n) is 2.80. The average molecular weight is 242 g/mol. The predicted octanol–water partition coefficient (Wildman–Crippen LogP) is 2.55. The molecule has 102 valence electrons. The van der Waals surface area contributed by atoms with Crippen LogP contribution in [-0.2, 0) is 0 Å². The molecule has 0 saturated carbocycles. The van der Waals surface area contributed by atoms with Crippen LogP contribution in [0.15, 0.2) is 4.99 Å². The van der Waals surface area contributed by atoms with Crippen LogP contribution in [0.5, 0.6) is 0 Å². The molecule has 0 rings (SSSR count). The summed E-state index contributed by atoms with van der Waals surface area (Å²) in [4.78, 5) is 4.43. The zero-order chi connectivity index (χ0) is 12.9. The van der Waals surface area contributed by atoms with Gasteiger partial charge in [-0.05, 0) is 19.3 Å². The number of guanidine groups is 1. The number of unbranched alkanes of at least 4 members (excludes halogenated alkanes) is 2. The SMILES string of the molecule is CCCCN=C(NN)NC(CCC)CCCC. The molecule has 1 unspecified atom stereocenters. The molecule has 4 nitrogen and oxygen atoms in total. The molecule has 0 amide bonds. The quantitative estimate of drug-likeness (QED) is 0.191. The van der Waals surface area contributed by atoms with Crippen LogP contribution in [0.4, 0.5) is 0 Å². The van der Waals surface area contributed by atoms with Crippen molar-refractivity contribution in [2.75, 3.05) is 6.54 Å². The third kappa shape index (κ3) is 8.98. The van der Waals surface area contributed by atoms with Gasteiger partial charge in [-0.1, -0.05) is 46.5 Å². The van der Waals surface area contributed by atoms with Gasteiger partial charge in [0, 0.05) is 12.6 Å². The second-order valence-electron chi connectivity index (χ2n) is 4.50. The van der Waals surface area contributed by atoms with E-state index in [4.69, 9.17) is 5.84 Å². The van der Waals surface area contributed by atoms with E-state index in [2.05, 4.69) is 36.5 Å². The van der Waals surface area contributed by atoms with Crippen molar-refractivity contribution < 1.29 is 0 Å². The second kappa shape index (κ2) is 11.7. The monoisotopic (exact) mass is 242 g/mol. The van der Waals surface area contributed by atoms with Crippen molar-refractivity contribution in [3.63, 3.8) is 0 Å². The molecule has 0 aliphatic heterocycles. The van der Waals surface area contributed by atoms with E-state index in [0.717, 1.165) is 25.3 Å². The van der Waals surface area contributed by atoms with Crippen LogP contribution in [0.1, 0.15) is 65.7 Å². The number of rotatable bonds is 9. The van der Waals surface area contributed by atoms with Gasteiger partial charge in [-0.25, -0.2) is 5.84 Å². The molecule has 4 N–H and O–H groups in total. The van der Waals surface area contributed by atoms with Crippen LogP contribution in [-0.4, -0.2) is 18.5 Å². The maximum atomic E-state index is 5.48. The molecule has 0 aliphatic rings. The standard InChI is InChI=1S/C13H30N4/c1-4-7-10-12(9-6-3)16-13(17-14)15-11-8-5-2/h12H,4-11,14H2,1-3H3,(H2,15,16,17). The molecular formula is C13H30N4. The highest BCUT2D eigenvalue weighted by molar-refractivity contribution is 5.79. The van der Waals surface area contributed by atoms with E-state index in [1.165, 1.54) is 32.1 Å². The van der Waals surface area contributed by atoms with Crippen LogP contribution in [0, 0.1) is 0 Å². The third-order valence-corrected chi connectivity index (χ3v) is 2.80. The van der Waals surface area contributed by atoms with E-state index in [9.17, 15) is 0 Å². The topological polar surface area (TPSA) is 62.4 Å². The number of hydrogen-bond acceptors (Lipinski definition) is 2. The van der Waals surface area contributed by atoms with E-state index in [1.807, 2.05) is 0 Å². The lowest BCUT2D eigenvalue weighted by Crippen LogP contribution is -2.46. The molecule has 0 radical (unpaired) electrons. The molecular weight excluding hydrogens is 212 g/mol. The molecule has 0 aromatic rings. The molecule has 0 heterocycles. The highest BCUT2D eigenvalue weighted by Crippen LogP contribution is 2.06. The molecule has 0 aliphatic carbocycles. The summed E-state index contributed by atoms with van der Waals surface area (Å²) in [5, 5.41) is 3.41. The van der Waals surface area contributed by atoms with Gasteiger partial charge in [-0.15, -0.1) is 0 Å². The Labute approximate surface area is 106 Å². The number of hydrazine groups is 1. The Hall–Kier alpha value is -0.770. The lowest BCUT2D eigenvalue weighted by molar-refractivity contribution is 0.488. The molecule has 17 heavy (non-hydrogen) atoms. The zero-order valence-corrected chi connectivity index (χ0v) is 11.8. The average Bonchev–Trinajstić information content (AvgIpc) is 2.35. The Morgan fingerprint density at radius 3 is 2.29 bits per heavy atom. The minimum absolute atomic E-state index is 0.497. The first-order chi connectivity index (χ1) is 8.28. The number of nitrogens with one attached hydrogen (secondary N) is 2. The lowest BCUT2D eigenvalue weighted by atomic mass is 10.1. The van der Waals surface area contributed by atoms with Gasteiger partial charge in [0.2, 0.25) is 5.96 Å². The summed E-state index contributed by atoms with van der Waals surface area (Å²) >= 11 is 0. The van der Waals surface area contributed by atoms with E-state index in [0.29, 0.717) is 6.04 Å². The van der Waals surface area contributed by atoms with Crippen molar-refractivity contribution in [1.29, 1.82) is 0 Å². The van der Waals surface area contributed by atoms with Crippen molar-refractivity contribution in [1.82, 2.24) is 10.7 Å². The Morgan fingerprint density at radius 2 is 1.76 bits per heavy atom. The molecule has 0 aromatic carbocycles. The van der Waals surface area contributed by atoms with Gasteiger partial charge in [0.1, 0.15) is 0 Å². The summed E-state index contributed by atoms with van der Waals surface area (Å²) in [6, 6.07) is 0.497. The first kappa shape index (κ1) is 16.2. The van der Waals surface area contributed by atoms with Crippen molar-refractivity contribution >= 4 is 5.96 Å². The summed E-state index contributed by atoms with van der Waals surface area (Å²) in [5.41, 5.74) is 2.67. The molecule has 0 aromatic heterocycles. The van der Waals surface area contributed by atoms with E-state index >= 15 is 0 Å². The molecule has 0 spiro atoms. The van der Waals surface area contributed by atoms with Crippen LogP contribution in [0.25, 0.3) is 0 Å². The fourth-order valence-corrected chi connectivity index (χ4v) is 1.76. The normalized spacial score (nSPS) is 13.5. The maximum absolute atomic E-state index is 5.48. The fraction of sp³-hybridized carbons (Fsp3) is 0.923. The second-order valence-corrected chi connectivity index (χ2v) is 4.50. The maximum Gasteiger partial charge on any atom is 0.205 e. The Balaban J connectivity index is 4.11. The van der Waals surface area contributed by atoms with Crippen molar-refractivity contribution in [3.8, 4) is 0 Å². The highest BCUT2D eigenvalue weighted by Gasteiger charge is 2.08. The van der Waals surface area contributed by atoms with E-state index in [1.54, 1.807) is 0 Å². The van der Waals surface area contributed by atoms with Crippen LogP contribution < -0.4 is 16.6 Å². The minimum atomic E-state index is 0.497. The first-order valence-corrected chi connectivity index (χ1v) is 7.06. The van der Waals surface area contributed by atoms with E-state index < -0.39 is 0 Å². The summed E-state index contributed by atoms with van der Waals surface area (Å²) in [6.45, 7) is 7.44. The number of hydrogen-bond donors (Lipinski definition) is 3. The highest BCUT2D eigenvalue weighted by atomic mass is 15.3. The smallest absolute Gasteiger partial charge is 0.205 e.